The number of amides is 1. The highest BCUT2D eigenvalue weighted by molar-refractivity contribution is 6.05. The van der Waals surface area contributed by atoms with Gasteiger partial charge in [0.05, 0.1) is 5.69 Å². The fourth-order valence-electron chi connectivity index (χ4n) is 6.07. The summed E-state index contributed by atoms with van der Waals surface area (Å²) in [6, 6.07) is 13.0. The number of phenols is 1. The van der Waals surface area contributed by atoms with Gasteiger partial charge in [-0.2, -0.15) is 15.0 Å². The first-order chi connectivity index (χ1) is 20.0. The van der Waals surface area contributed by atoms with Crippen molar-refractivity contribution in [3.05, 3.63) is 53.6 Å². The standard InChI is InChI=1S/C31H40N8O2.2H3N.2H2/c1-22-7-9-23(10-8-22)28(41)33-26-12-11-24(21-27(26)40)32-29-34-30(38-17-3-2-4-18-38)36-31(35-29)39-19-13-25(14-20-39)37-15-5-6-16-37;;;;/h7-12,21,25,40H,2-6,13-20H2,1H3,(H,33,41)(H,32,34,35,36);2*1H3;2*1H. The summed E-state index contributed by atoms with van der Waals surface area (Å²) in [5.74, 6) is 1.54. The average Bonchev–Trinajstić information content (AvgIpc) is 3.55. The molecule has 3 aliphatic heterocycles. The number of phenolic OH excluding ortho intramolecular Hbond substituents is 1. The number of carbonyl (C=O) groups excluding carboxylic acids is 1. The molecular formula is C31H50N10O2. The molecule has 0 bridgehead atoms. The molecule has 6 rings (SSSR count). The third-order valence-electron chi connectivity index (χ3n) is 8.47. The van der Waals surface area contributed by atoms with Crippen molar-refractivity contribution in [2.24, 2.45) is 0 Å². The number of nitrogens with zero attached hydrogens (tertiary/aromatic N) is 6. The third-order valence-corrected chi connectivity index (χ3v) is 8.47. The predicted octanol–water partition coefficient (Wildman–Crippen LogP) is 5.75. The first-order valence-corrected chi connectivity index (χ1v) is 15.0. The lowest BCUT2D eigenvalue weighted by Crippen LogP contribution is -2.44. The molecule has 236 valence electrons. The van der Waals surface area contributed by atoms with Crippen molar-refractivity contribution in [1.82, 2.24) is 32.2 Å². The van der Waals surface area contributed by atoms with Crippen molar-refractivity contribution >= 4 is 35.1 Å². The van der Waals surface area contributed by atoms with Crippen LogP contribution in [0.4, 0.5) is 29.2 Å². The quantitative estimate of drug-likeness (QED) is 0.210. The highest BCUT2D eigenvalue weighted by atomic mass is 16.3. The molecule has 3 fully saturated rings. The molecule has 0 spiro atoms. The zero-order chi connectivity index (χ0) is 28.2. The second kappa shape index (κ2) is 14.5. The molecule has 9 N–H and O–H groups in total. The Kier molecular flexibility index (Phi) is 10.7. The Morgan fingerprint density at radius 1 is 0.814 bits per heavy atom. The second-order valence-corrected chi connectivity index (χ2v) is 11.4. The molecule has 3 saturated heterocycles. The third kappa shape index (κ3) is 7.70. The number of aryl methyl sites for hydroxylation is 1. The summed E-state index contributed by atoms with van der Waals surface area (Å²) in [6.07, 6.45) is 8.38. The van der Waals surface area contributed by atoms with Crippen molar-refractivity contribution in [2.45, 2.75) is 57.9 Å². The van der Waals surface area contributed by atoms with Crippen molar-refractivity contribution in [3.63, 3.8) is 0 Å². The van der Waals surface area contributed by atoms with Gasteiger partial charge in [0.1, 0.15) is 5.75 Å². The van der Waals surface area contributed by atoms with Crippen molar-refractivity contribution in [3.8, 4) is 5.75 Å². The van der Waals surface area contributed by atoms with Crippen LogP contribution in [-0.4, -0.2) is 76.2 Å². The van der Waals surface area contributed by atoms with Gasteiger partial charge in [0.2, 0.25) is 17.8 Å². The zero-order valence-electron chi connectivity index (χ0n) is 25.3. The minimum Gasteiger partial charge on any atom is -0.506 e. The van der Waals surface area contributed by atoms with E-state index in [-0.39, 0.29) is 26.8 Å². The molecule has 3 aliphatic rings. The van der Waals surface area contributed by atoms with Crippen LogP contribution in [0, 0.1) is 6.92 Å². The summed E-state index contributed by atoms with van der Waals surface area (Å²) in [4.78, 5) is 34.3. The number of piperidine rings is 2. The molecule has 0 aliphatic carbocycles. The number of hydrogen-bond donors (Lipinski definition) is 5. The van der Waals surface area contributed by atoms with E-state index in [2.05, 4.69) is 25.3 Å². The topological polar surface area (TPSA) is 180 Å². The highest BCUT2D eigenvalue weighted by Crippen LogP contribution is 2.30. The summed E-state index contributed by atoms with van der Waals surface area (Å²) in [6.45, 7) is 8.17. The van der Waals surface area contributed by atoms with E-state index in [1.165, 1.54) is 32.4 Å². The van der Waals surface area contributed by atoms with Crippen LogP contribution in [0.2, 0.25) is 0 Å². The molecule has 1 aromatic heterocycles. The Bertz CT molecular complexity index is 1360. The van der Waals surface area contributed by atoms with E-state index in [9.17, 15) is 9.90 Å². The highest BCUT2D eigenvalue weighted by Gasteiger charge is 2.28. The molecule has 0 radical (unpaired) electrons. The van der Waals surface area contributed by atoms with Gasteiger partial charge in [0.15, 0.2) is 0 Å². The first kappa shape index (κ1) is 31.9. The number of rotatable bonds is 7. The molecule has 0 unspecified atom stereocenters. The van der Waals surface area contributed by atoms with Gasteiger partial charge >= 0.3 is 0 Å². The smallest absolute Gasteiger partial charge is 0.255 e. The maximum atomic E-state index is 12.6. The molecule has 12 heteroatoms. The van der Waals surface area contributed by atoms with Crippen LogP contribution in [-0.2, 0) is 0 Å². The van der Waals surface area contributed by atoms with E-state index in [4.69, 9.17) is 15.0 Å². The fourth-order valence-corrected chi connectivity index (χ4v) is 6.07. The van der Waals surface area contributed by atoms with Crippen LogP contribution in [0.15, 0.2) is 42.5 Å². The van der Waals surface area contributed by atoms with Gasteiger partial charge in [-0.05, 0) is 89.2 Å². The predicted molar refractivity (Wildman–Crippen MR) is 177 cm³/mol. The Labute approximate surface area is 257 Å². The van der Waals surface area contributed by atoms with Gasteiger partial charge in [0.25, 0.3) is 5.91 Å². The van der Waals surface area contributed by atoms with E-state index >= 15 is 0 Å². The Morgan fingerprint density at radius 2 is 1.42 bits per heavy atom. The Hall–Kier alpha value is -4.00. The second-order valence-electron chi connectivity index (χ2n) is 11.4. The SMILES string of the molecule is Cc1ccc(C(=O)Nc2ccc(Nc3nc(N4CCCCC4)nc(N4CCC(N5CCCC5)CC4)n3)cc2O)cc1.N.N.[HH].[HH]. The largest absolute Gasteiger partial charge is 0.506 e. The fraction of sp³-hybridized carbons (Fsp3) is 0.484. The summed E-state index contributed by atoms with van der Waals surface area (Å²) in [5, 5.41) is 16.8. The number of anilines is 5. The van der Waals surface area contributed by atoms with Crippen molar-refractivity contribution < 1.29 is 12.8 Å². The molecule has 3 aromatic rings. The number of hydrogen-bond acceptors (Lipinski definition) is 11. The van der Waals surface area contributed by atoms with Gasteiger partial charge < -0.3 is 42.7 Å². The van der Waals surface area contributed by atoms with Gasteiger partial charge in [-0.1, -0.05) is 17.7 Å². The first-order valence-electron chi connectivity index (χ1n) is 15.0. The number of carbonyl (C=O) groups is 1. The number of likely N-dealkylation sites (tertiary alicyclic amines) is 1. The molecule has 2 aromatic carbocycles. The van der Waals surface area contributed by atoms with Crippen LogP contribution in [0.1, 0.15) is 63.7 Å². The van der Waals surface area contributed by atoms with Crippen LogP contribution in [0.3, 0.4) is 0 Å². The number of aromatic hydroxyl groups is 1. The van der Waals surface area contributed by atoms with Crippen LogP contribution in [0.5, 0.6) is 5.75 Å². The number of benzene rings is 2. The van der Waals surface area contributed by atoms with E-state index in [1.807, 2.05) is 19.1 Å². The maximum absolute atomic E-state index is 12.6. The van der Waals surface area contributed by atoms with E-state index in [0.29, 0.717) is 40.8 Å². The van der Waals surface area contributed by atoms with Gasteiger partial charge in [-0.25, -0.2) is 0 Å². The molecule has 12 nitrogen and oxygen atoms in total. The van der Waals surface area contributed by atoms with Gasteiger partial charge in [0, 0.05) is 52.4 Å². The van der Waals surface area contributed by atoms with E-state index in [0.717, 1.165) is 57.4 Å². The molecule has 1 amide bonds. The lowest BCUT2D eigenvalue weighted by Gasteiger charge is -2.37. The lowest BCUT2D eigenvalue weighted by atomic mass is 10.0. The normalized spacial score (nSPS) is 17.6. The van der Waals surface area contributed by atoms with Crippen LogP contribution >= 0.6 is 0 Å². The zero-order valence-corrected chi connectivity index (χ0v) is 25.3. The number of aromatic nitrogens is 3. The average molecular weight is 595 g/mol. The number of nitrogens with one attached hydrogen (secondary N) is 2. The van der Waals surface area contributed by atoms with Crippen LogP contribution < -0.4 is 32.7 Å². The van der Waals surface area contributed by atoms with Crippen molar-refractivity contribution in [1.29, 1.82) is 0 Å². The lowest BCUT2D eigenvalue weighted by molar-refractivity contribution is 0.102. The van der Waals surface area contributed by atoms with E-state index < -0.39 is 0 Å². The maximum Gasteiger partial charge on any atom is 0.255 e. The summed E-state index contributed by atoms with van der Waals surface area (Å²) < 4.78 is 0. The summed E-state index contributed by atoms with van der Waals surface area (Å²) in [5.41, 5.74) is 2.58. The Morgan fingerprint density at radius 3 is 2.05 bits per heavy atom. The molecule has 4 heterocycles. The minimum atomic E-state index is -0.275. The minimum absolute atomic E-state index is 0. The molecular weight excluding hydrogens is 544 g/mol. The summed E-state index contributed by atoms with van der Waals surface area (Å²) in [7, 11) is 0. The molecule has 43 heavy (non-hydrogen) atoms. The molecule has 0 atom stereocenters. The van der Waals surface area contributed by atoms with Gasteiger partial charge in [-0.15, -0.1) is 0 Å². The molecule has 0 saturated carbocycles. The van der Waals surface area contributed by atoms with E-state index in [1.54, 1.807) is 30.3 Å². The Balaban J connectivity index is 0.00000176. The summed E-state index contributed by atoms with van der Waals surface area (Å²) >= 11 is 0. The van der Waals surface area contributed by atoms with Gasteiger partial charge in [-0.3, -0.25) is 4.79 Å². The monoisotopic (exact) mass is 594 g/mol. The van der Waals surface area contributed by atoms with Crippen molar-refractivity contribution in [2.75, 3.05) is 59.7 Å². The van der Waals surface area contributed by atoms with Crippen LogP contribution in [0.25, 0.3) is 0 Å².